The van der Waals surface area contributed by atoms with Crippen LogP contribution in [-0.2, 0) is 34.4 Å². The number of thiophene rings is 1. The van der Waals surface area contributed by atoms with Gasteiger partial charge in [0.2, 0.25) is 15.9 Å². The quantitative estimate of drug-likeness (QED) is 0.546. The van der Waals surface area contributed by atoms with E-state index in [-0.39, 0.29) is 16.5 Å². The number of primary sulfonamides is 1. The lowest BCUT2D eigenvalue weighted by Crippen LogP contribution is -2.31. The Labute approximate surface area is 181 Å². The van der Waals surface area contributed by atoms with Gasteiger partial charge in [-0.1, -0.05) is 42.5 Å². The summed E-state index contributed by atoms with van der Waals surface area (Å²) in [5.41, 5.74) is 2.09. The molecule has 0 saturated carbocycles. The molecule has 0 bridgehead atoms. The van der Waals surface area contributed by atoms with Crippen molar-refractivity contribution in [1.29, 1.82) is 0 Å². The minimum atomic E-state index is -3.74. The Morgan fingerprint density at radius 2 is 1.70 bits per heavy atom. The summed E-state index contributed by atoms with van der Waals surface area (Å²) in [6.45, 7) is 3.45. The number of nitrogens with zero attached hydrogens (tertiary/aromatic N) is 1. The zero-order valence-corrected chi connectivity index (χ0v) is 18.3. The number of nitrogens with two attached hydrogens (primary N) is 1. The van der Waals surface area contributed by atoms with Crippen LogP contribution >= 0.6 is 11.3 Å². The van der Waals surface area contributed by atoms with E-state index in [1.54, 1.807) is 11.0 Å². The first-order valence-electron chi connectivity index (χ1n) is 9.50. The van der Waals surface area contributed by atoms with E-state index in [0.29, 0.717) is 24.6 Å². The number of rotatable bonds is 9. The van der Waals surface area contributed by atoms with Crippen molar-refractivity contribution in [2.75, 3.05) is 6.54 Å². The van der Waals surface area contributed by atoms with Crippen LogP contribution < -0.4 is 9.88 Å². The average Bonchev–Trinajstić information content (AvgIpc) is 3.21. The van der Waals surface area contributed by atoms with Gasteiger partial charge in [0.25, 0.3) is 0 Å². The molecule has 0 saturated heterocycles. The highest BCUT2D eigenvalue weighted by atomic mass is 32.2. The Kier molecular flexibility index (Phi) is 7.25. The van der Waals surface area contributed by atoms with Crippen LogP contribution in [-0.4, -0.2) is 25.8 Å². The minimum absolute atomic E-state index is 0.0651. The van der Waals surface area contributed by atoms with Gasteiger partial charge in [-0.15, -0.1) is 11.3 Å². The van der Waals surface area contributed by atoms with E-state index in [1.165, 1.54) is 6.07 Å². The van der Waals surface area contributed by atoms with E-state index in [2.05, 4.69) is 0 Å². The van der Waals surface area contributed by atoms with Gasteiger partial charge in [-0.05, 0) is 42.3 Å². The summed E-state index contributed by atoms with van der Waals surface area (Å²) in [6.07, 6.45) is 0.145. The number of hydrogen-bond donors (Lipinski definition) is 1. The van der Waals surface area contributed by atoms with Crippen LogP contribution in [0.15, 0.2) is 70.9 Å². The number of amides is 1. The number of benzene rings is 2. The molecule has 158 valence electrons. The van der Waals surface area contributed by atoms with Crippen molar-refractivity contribution in [2.45, 2.75) is 30.7 Å². The number of ether oxygens (including phenoxy) is 1. The van der Waals surface area contributed by atoms with Crippen molar-refractivity contribution in [3.05, 3.63) is 82.7 Å². The molecule has 1 heterocycles. The highest BCUT2D eigenvalue weighted by molar-refractivity contribution is 7.91. The van der Waals surface area contributed by atoms with Crippen LogP contribution in [0.3, 0.4) is 0 Å². The molecule has 0 aliphatic heterocycles. The molecule has 1 amide bonds. The topological polar surface area (TPSA) is 89.7 Å². The zero-order valence-electron chi connectivity index (χ0n) is 16.7. The van der Waals surface area contributed by atoms with E-state index >= 15 is 0 Å². The molecule has 30 heavy (non-hydrogen) atoms. The predicted octanol–water partition coefficient (Wildman–Crippen LogP) is 3.57. The molecule has 6 nitrogen and oxygen atoms in total. The van der Waals surface area contributed by atoms with E-state index in [4.69, 9.17) is 9.88 Å². The smallest absolute Gasteiger partial charge is 0.247 e. The lowest BCUT2D eigenvalue weighted by atomic mass is 10.2. The van der Waals surface area contributed by atoms with Crippen LogP contribution in [0, 0.1) is 0 Å². The van der Waals surface area contributed by atoms with Crippen molar-refractivity contribution >= 4 is 27.3 Å². The fourth-order valence-electron chi connectivity index (χ4n) is 2.90. The third-order valence-corrected chi connectivity index (χ3v) is 7.05. The second-order valence-corrected chi connectivity index (χ2v) is 9.73. The van der Waals surface area contributed by atoms with Crippen molar-refractivity contribution in [1.82, 2.24) is 4.90 Å². The fraction of sp³-hybridized carbons (Fsp3) is 0.227. The number of sulfonamides is 1. The van der Waals surface area contributed by atoms with Crippen molar-refractivity contribution in [3.63, 3.8) is 0 Å². The van der Waals surface area contributed by atoms with E-state index in [0.717, 1.165) is 28.2 Å². The van der Waals surface area contributed by atoms with Gasteiger partial charge in [-0.2, -0.15) is 0 Å². The molecule has 2 N–H and O–H groups in total. The fourth-order valence-corrected chi connectivity index (χ4v) is 4.67. The monoisotopic (exact) mass is 444 g/mol. The first kappa shape index (κ1) is 22.0. The number of carbonyl (C=O) groups excluding carboxylic acids is 1. The first-order valence-corrected chi connectivity index (χ1v) is 11.9. The van der Waals surface area contributed by atoms with Crippen molar-refractivity contribution in [3.8, 4) is 5.75 Å². The lowest BCUT2D eigenvalue weighted by molar-refractivity contribution is -0.130. The van der Waals surface area contributed by atoms with Crippen LogP contribution in [0.1, 0.15) is 22.9 Å². The largest absolute Gasteiger partial charge is 0.489 e. The van der Waals surface area contributed by atoms with Crippen LogP contribution in [0.25, 0.3) is 0 Å². The van der Waals surface area contributed by atoms with Gasteiger partial charge in [0, 0.05) is 18.0 Å². The molecule has 3 rings (SSSR count). The van der Waals surface area contributed by atoms with Gasteiger partial charge in [-0.3, -0.25) is 4.79 Å². The third kappa shape index (κ3) is 6.16. The average molecular weight is 445 g/mol. The summed E-state index contributed by atoms with van der Waals surface area (Å²) in [5.74, 6) is 0.704. The Morgan fingerprint density at radius 1 is 1.00 bits per heavy atom. The Bertz CT molecular complexity index is 1080. The summed E-state index contributed by atoms with van der Waals surface area (Å²) >= 11 is 1.03. The van der Waals surface area contributed by atoms with E-state index < -0.39 is 10.0 Å². The van der Waals surface area contributed by atoms with Crippen LogP contribution in [0.5, 0.6) is 5.75 Å². The van der Waals surface area contributed by atoms with E-state index in [9.17, 15) is 13.2 Å². The number of likely N-dealkylation sites (N-methyl/N-ethyl adjacent to an activating group) is 1. The second-order valence-electron chi connectivity index (χ2n) is 6.77. The molecule has 0 atom stereocenters. The highest BCUT2D eigenvalue weighted by Crippen LogP contribution is 2.22. The maximum atomic E-state index is 12.7. The van der Waals surface area contributed by atoms with Crippen molar-refractivity contribution in [2.24, 2.45) is 5.14 Å². The second kappa shape index (κ2) is 9.88. The zero-order chi connectivity index (χ0) is 21.6. The summed E-state index contributed by atoms with van der Waals surface area (Å²) < 4.78 is 28.7. The third-order valence-electron chi connectivity index (χ3n) is 4.52. The highest BCUT2D eigenvalue weighted by Gasteiger charge is 2.17. The molecule has 8 heteroatoms. The summed E-state index contributed by atoms with van der Waals surface area (Å²) in [6, 6.07) is 20.7. The molecule has 0 spiro atoms. The van der Waals surface area contributed by atoms with Crippen LogP contribution in [0.4, 0.5) is 0 Å². The maximum Gasteiger partial charge on any atom is 0.247 e. The molecule has 0 fully saturated rings. The number of carbonyl (C=O) groups is 1. The summed E-state index contributed by atoms with van der Waals surface area (Å²) in [5, 5.41) is 5.13. The standard InChI is InChI=1S/C22H24N2O4S2/c1-2-24(21(25)14-20-12-13-22(29-20)30(23,26)27)15-17-8-10-19(11-9-17)28-16-18-6-4-3-5-7-18/h3-13H,2,14-16H2,1H3,(H2,23,26,27). The Morgan fingerprint density at radius 3 is 2.30 bits per heavy atom. The maximum absolute atomic E-state index is 12.7. The van der Waals surface area contributed by atoms with E-state index in [1.807, 2.05) is 61.5 Å². The normalized spacial score (nSPS) is 11.3. The first-order chi connectivity index (χ1) is 14.3. The summed E-state index contributed by atoms with van der Waals surface area (Å²) in [7, 11) is -3.74. The minimum Gasteiger partial charge on any atom is -0.489 e. The molecule has 0 unspecified atom stereocenters. The molecular formula is C22H24N2O4S2. The Balaban J connectivity index is 1.56. The van der Waals surface area contributed by atoms with Crippen LogP contribution in [0.2, 0.25) is 0 Å². The van der Waals surface area contributed by atoms with Crippen molar-refractivity contribution < 1.29 is 17.9 Å². The van der Waals surface area contributed by atoms with Gasteiger partial charge in [0.05, 0.1) is 6.42 Å². The van der Waals surface area contributed by atoms with Gasteiger partial charge >= 0.3 is 0 Å². The molecule has 1 aromatic heterocycles. The van der Waals surface area contributed by atoms with Gasteiger partial charge in [0.1, 0.15) is 16.6 Å². The predicted molar refractivity (Wildman–Crippen MR) is 118 cm³/mol. The molecule has 2 aromatic carbocycles. The SMILES string of the molecule is CCN(Cc1ccc(OCc2ccccc2)cc1)C(=O)Cc1ccc(S(N)(=O)=O)s1. The molecule has 0 aliphatic rings. The summed E-state index contributed by atoms with van der Waals surface area (Å²) in [4.78, 5) is 15.1. The molecule has 3 aromatic rings. The van der Waals surface area contributed by atoms with Gasteiger partial charge in [-0.25, -0.2) is 13.6 Å². The molecule has 0 aliphatic carbocycles. The van der Waals surface area contributed by atoms with Gasteiger partial charge in [0.15, 0.2) is 0 Å². The van der Waals surface area contributed by atoms with Gasteiger partial charge < -0.3 is 9.64 Å². The molecular weight excluding hydrogens is 420 g/mol. The lowest BCUT2D eigenvalue weighted by Gasteiger charge is -2.21. The number of hydrogen-bond acceptors (Lipinski definition) is 5. The Hall–Kier alpha value is -2.68. The molecule has 0 radical (unpaired) electrons.